The Hall–Kier alpha value is -0.530. The Kier molecular flexibility index (Phi) is 7.30. The van der Waals surface area contributed by atoms with Gasteiger partial charge in [0, 0.05) is 5.92 Å². The third kappa shape index (κ3) is 6.09. The molecule has 2 heteroatoms. The van der Waals surface area contributed by atoms with Crippen LogP contribution in [0.5, 0.6) is 0 Å². The number of carbonyl (C=O) groups is 1. The lowest BCUT2D eigenvalue weighted by Crippen LogP contribution is -2.27. The maximum Gasteiger partial charge on any atom is 0.220 e. The van der Waals surface area contributed by atoms with E-state index in [2.05, 4.69) is 6.92 Å². The van der Waals surface area contributed by atoms with E-state index < -0.39 is 0 Å². The van der Waals surface area contributed by atoms with Crippen LogP contribution in [0.3, 0.4) is 0 Å². The van der Waals surface area contributed by atoms with Gasteiger partial charge in [-0.15, -0.1) is 0 Å². The van der Waals surface area contributed by atoms with Gasteiger partial charge in [-0.2, -0.15) is 0 Å². The average molecular weight is 239 g/mol. The fraction of sp³-hybridized carbons (Fsp3) is 0.933. The summed E-state index contributed by atoms with van der Waals surface area (Å²) in [5.41, 5.74) is 5.34. The quantitative estimate of drug-likeness (QED) is 0.638. The van der Waals surface area contributed by atoms with Crippen LogP contribution in [0, 0.1) is 11.8 Å². The van der Waals surface area contributed by atoms with Crippen molar-refractivity contribution in [1.29, 1.82) is 0 Å². The molecular formula is C15H29NO. The fourth-order valence-electron chi connectivity index (χ4n) is 2.95. The Labute approximate surface area is 106 Å². The Morgan fingerprint density at radius 3 is 2.18 bits per heavy atom. The number of primary amides is 1. The SMILES string of the molecule is CCCCCCCCC1CCC(C(N)=O)CC1. The Morgan fingerprint density at radius 1 is 1.00 bits per heavy atom. The number of unbranched alkanes of at least 4 members (excludes halogenated alkanes) is 5. The summed E-state index contributed by atoms with van der Waals surface area (Å²) in [6.45, 7) is 2.26. The molecular weight excluding hydrogens is 210 g/mol. The van der Waals surface area contributed by atoms with E-state index in [1.54, 1.807) is 0 Å². The molecule has 0 unspecified atom stereocenters. The number of hydrogen-bond acceptors (Lipinski definition) is 1. The molecule has 0 aromatic rings. The van der Waals surface area contributed by atoms with Crippen molar-refractivity contribution >= 4 is 5.91 Å². The summed E-state index contributed by atoms with van der Waals surface area (Å²) in [4.78, 5) is 11.0. The van der Waals surface area contributed by atoms with Crippen molar-refractivity contribution in [2.24, 2.45) is 17.6 Å². The van der Waals surface area contributed by atoms with Gasteiger partial charge in [0.2, 0.25) is 5.91 Å². The molecule has 1 aliphatic carbocycles. The van der Waals surface area contributed by atoms with Gasteiger partial charge in [-0.3, -0.25) is 4.79 Å². The van der Waals surface area contributed by atoms with Crippen molar-refractivity contribution in [2.75, 3.05) is 0 Å². The highest BCUT2D eigenvalue weighted by molar-refractivity contribution is 5.76. The highest BCUT2D eigenvalue weighted by atomic mass is 16.1. The van der Waals surface area contributed by atoms with Crippen molar-refractivity contribution in [3.8, 4) is 0 Å². The van der Waals surface area contributed by atoms with Gasteiger partial charge in [0.15, 0.2) is 0 Å². The van der Waals surface area contributed by atoms with Crippen LogP contribution >= 0.6 is 0 Å². The van der Waals surface area contributed by atoms with Crippen LogP contribution in [0.15, 0.2) is 0 Å². The van der Waals surface area contributed by atoms with Gasteiger partial charge < -0.3 is 5.73 Å². The predicted molar refractivity (Wildman–Crippen MR) is 72.6 cm³/mol. The maximum absolute atomic E-state index is 11.0. The number of nitrogens with two attached hydrogens (primary N) is 1. The van der Waals surface area contributed by atoms with Crippen molar-refractivity contribution in [2.45, 2.75) is 77.6 Å². The molecule has 0 saturated heterocycles. The normalized spacial score (nSPS) is 24.8. The molecule has 0 aromatic carbocycles. The molecule has 17 heavy (non-hydrogen) atoms. The van der Waals surface area contributed by atoms with Crippen LogP contribution in [0.4, 0.5) is 0 Å². The summed E-state index contributed by atoms with van der Waals surface area (Å²) in [5, 5.41) is 0. The smallest absolute Gasteiger partial charge is 0.220 e. The summed E-state index contributed by atoms with van der Waals surface area (Å²) in [6.07, 6.45) is 14.2. The highest BCUT2D eigenvalue weighted by Crippen LogP contribution is 2.31. The van der Waals surface area contributed by atoms with Crippen molar-refractivity contribution < 1.29 is 4.79 Å². The molecule has 1 rings (SSSR count). The van der Waals surface area contributed by atoms with Crippen molar-refractivity contribution in [3.63, 3.8) is 0 Å². The number of amides is 1. The first-order valence-corrected chi connectivity index (χ1v) is 7.53. The van der Waals surface area contributed by atoms with E-state index in [0.717, 1.165) is 18.8 Å². The van der Waals surface area contributed by atoms with Crippen LogP contribution in [-0.4, -0.2) is 5.91 Å². The van der Waals surface area contributed by atoms with E-state index in [1.807, 2.05) is 0 Å². The van der Waals surface area contributed by atoms with E-state index in [9.17, 15) is 4.79 Å². The largest absolute Gasteiger partial charge is 0.369 e. The minimum absolute atomic E-state index is 0.0805. The predicted octanol–water partition coefficient (Wildman–Crippen LogP) is 4.03. The van der Waals surface area contributed by atoms with E-state index in [0.29, 0.717) is 0 Å². The second-order valence-electron chi connectivity index (χ2n) is 5.68. The molecule has 1 fully saturated rings. The first-order chi connectivity index (χ1) is 8.24. The van der Waals surface area contributed by atoms with Gasteiger partial charge in [-0.1, -0.05) is 51.9 Å². The molecule has 1 amide bonds. The van der Waals surface area contributed by atoms with Crippen LogP contribution < -0.4 is 5.73 Å². The third-order valence-corrected chi connectivity index (χ3v) is 4.22. The monoisotopic (exact) mass is 239 g/mol. The lowest BCUT2D eigenvalue weighted by atomic mass is 9.79. The fourth-order valence-corrected chi connectivity index (χ4v) is 2.95. The second-order valence-corrected chi connectivity index (χ2v) is 5.68. The Balaban J connectivity index is 1.97. The van der Waals surface area contributed by atoms with E-state index >= 15 is 0 Å². The van der Waals surface area contributed by atoms with Crippen LogP contribution in [-0.2, 0) is 4.79 Å². The van der Waals surface area contributed by atoms with Gasteiger partial charge in [0.1, 0.15) is 0 Å². The molecule has 0 heterocycles. The number of hydrogen-bond donors (Lipinski definition) is 1. The molecule has 2 N–H and O–H groups in total. The summed E-state index contributed by atoms with van der Waals surface area (Å²) in [6, 6.07) is 0. The zero-order valence-electron chi connectivity index (χ0n) is 11.4. The number of carbonyl (C=O) groups excluding carboxylic acids is 1. The first-order valence-electron chi connectivity index (χ1n) is 7.53. The molecule has 0 aromatic heterocycles. The van der Waals surface area contributed by atoms with Crippen LogP contribution in [0.25, 0.3) is 0 Å². The standard InChI is InChI=1S/C15H29NO/c1-2-3-4-5-6-7-8-13-9-11-14(12-10-13)15(16)17/h13-14H,2-12H2,1H3,(H2,16,17). The first kappa shape index (κ1) is 14.5. The van der Waals surface area contributed by atoms with Gasteiger partial charge in [0.25, 0.3) is 0 Å². The molecule has 0 spiro atoms. The minimum Gasteiger partial charge on any atom is -0.369 e. The van der Waals surface area contributed by atoms with Crippen LogP contribution in [0.2, 0.25) is 0 Å². The molecule has 0 atom stereocenters. The molecule has 100 valence electrons. The molecule has 1 aliphatic rings. The summed E-state index contributed by atoms with van der Waals surface area (Å²) < 4.78 is 0. The summed E-state index contributed by atoms with van der Waals surface area (Å²) in [5.74, 6) is 0.968. The zero-order valence-corrected chi connectivity index (χ0v) is 11.4. The van der Waals surface area contributed by atoms with E-state index in [1.165, 1.54) is 57.8 Å². The van der Waals surface area contributed by atoms with Crippen LogP contribution in [0.1, 0.15) is 77.6 Å². The van der Waals surface area contributed by atoms with E-state index in [-0.39, 0.29) is 11.8 Å². The molecule has 2 nitrogen and oxygen atoms in total. The summed E-state index contributed by atoms with van der Waals surface area (Å²) >= 11 is 0. The Morgan fingerprint density at radius 2 is 1.59 bits per heavy atom. The third-order valence-electron chi connectivity index (χ3n) is 4.22. The highest BCUT2D eigenvalue weighted by Gasteiger charge is 2.23. The van der Waals surface area contributed by atoms with Crippen molar-refractivity contribution in [3.05, 3.63) is 0 Å². The topological polar surface area (TPSA) is 43.1 Å². The molecule has 0 aliphatic heterocycles. The minimum atomic E-state index is -0.0805. The van der Waals surface area contributed by atoms with Gasteiger partial charge in [-0.05, 0) is 31.6 Å². The number of rotatable bonds is 8. The average Bonchev–Trinajstić information content (AvgIpc) is 2.34. The van der Waals surface area contributed by atoms with Gasteiger partial charge >= 0.3 is 0 Å². The van der Waals surface area contributed by atoms with Gasteiger partial charge in [0.05, 0.1) is 0 Å². The lowest BCUT2D eigenvalue weighted by Gasteiger charge is -2.26. The molecule has 0 bridgehead atoms. The molecule has 1 saturated carbocycles. The lowest BCUT2D eigenvalue weighted by molar-refractivity contribution is -0.122. The second kappa shape index (κ2) is 8.54. The van der Waals surface area contributed by atoms with Gasteiger partial charge in [-0.25, -0.2) is 0 Å². The summed E-state index contributed by atoms with van der Waals surface area (Å²) in [7, 11) is 0. The Bertz CT molecular complexity index is 207. The maximum atomic E-state index is 11.0. The zero-order chi connectivity index (χ0) is 12.5. The van der Waals surface area contributed by atoms with E-state index in [4.69, 9.17) is 5.73 Å². The van der Waals surface area contributed by atoms with Crippen molar-refractivity contribution in [1.82, 2.24) is 0 Å². The molecule has 0 radical (unpaired) electrons.